The van der Waals surface area contributed by atoms with Gasteiger partial charge in [-0.25, -0.2) is 9.59 Å². The molecule has 0 radical (unpaired) electrons. The molecule has 1 saturated heterocycles. The monoisotopic (exact) mass is 437 g/mol. The highest BCUT2D eigenvalue weighted by atomic mass is 16.6. The minimum atomic E-state index is -1.19. The van der Waals surface area contributed by atoms with Crippen LogP contribution in [0.2, 0.25) is 0 Å². The summed E-state index contributed by atoms with van der Waals surface area (Å²) in [4.78, 5) is 26.9. The van der Waals surface area contributed by atoms with Crippen molar-refractivity contribution in [1.29, 1.82) is 0 Å². The van der Waals surface area contributed by atoms with Crippen LogP contribution in [0, 0.1) is 0 Å². The number of nitrogens with zero attached hydrogens (tertiary/aromatic N) is 1. The van der Waals surface area contributed by atoms with Gasteiger partial charge in [0.15, 0.2) is 0 Å². The number of hydrogen-bond acceptors (Lipinski definition) is 6. The molecule has 1 aliphatic heterocycles. The van der Waals surface area contributed by atoms with Gasteiger partial charge in [-0.2, -0.15) is 0 Å². The molecule has 0 N–H and O–H groups in total. The maximum atomic E-state index is 13.3. The van der Waals surface area contributed by atoms with Gasteiger partial charge in [-0.3, -0.25) is 0 Å². The molecule has 32 heavy (non-hydrogen) atoms. The largest absolute Gasteiger partial charge is 0.465 e. The molecule has 0 bridgehead atoms. The smallest absolute Gasteiger partial charge is 0.360 e. The summed E-state index contributed by atoms with van der Waals surface area (Å²) in [5.41, 5.74) is 0.559. The summed E-state index contributed by atoms with van der Waals surface area (Å²) in [6.07, 6.45) is 5.12. The Kier molecular flexibility index (Phi) is 7.36. The highest BCUT2D eigenvalue weighted by Crippen LogP contribution is 2.35. The first-order valence-corrected chi connectivity index (χ1v) is 10.8. The van der Waals surface area contributed by atoms with Crippen LogP contribution in [0.4, 0.5) is 0 Å². The molecule has 170 valence electrons. The van der Waals surface area contributed by atoms with Gasteiger partial charge in [-0.1, -0.05) is 42.5 Å². The summed E-state index contributed by atoms with van der Waals surface area (Å²) in [7, 11) is 1.36. The van der Waals surface area contributed by atoms with E-state index >= 15 is 0 Å². The van der Waals surface area contributed by atoms with Gasteiger partial charge in [0, 0.05) is 19.2 Å². The zero-order valence-electron chi connectivity index (χ0n) is 19.2. The van der Waals surface area contributed by atoms with Gasteiger partial charge in [0.1, 0.15) is 5.60 Å². The third-order valence-electron chi connectivity index (χ3n) is 5.20. The number of hydrogen-bond donors (Lipinski definition) is 0. The van der Waals surface area contributed by atoms with Crippen molar-refractivity contribution in [2.75, 3.05) is 13.7 Å². The molecule has 2 aromatic carbocycles. The van der Waals surface area contributed by atoms with Crippen LogP contribution >= 0.6 is 0 Å². The predicted octanol–water partition coefficient (Wildman–Crippen LogP) is 4.79. The molecule has 0 amide bonds. The van der Waals surface area contributed by atoms with E-state index in [1.54, 1.807) is 12.1 Å². The lowest BCUT2D eigenvalue weighted by Gasteiger charge is -2.37. The van der Waals surface area contributed by atoms with Crippen molar-refractivity contribution in [3.8, 4) is 0 Å². The highest BCUT2D eigenvalue weighted by molar-refractivity contribution is 5.89. The molecule has 0 spiro atoms. The molecule has 1 atom stereocenters. The summed E-state index contributed by atoms with van der Waals surface area (Å²) in [6.45, 7) is 6.54. The number of likely N-dealkylation sites (tertiary alicyclic amines) is 1. The molecule has 3 rings (SSSR count). The van der Waals surface area contributed by atoms with Crippen molar-refractivity contribution in [2.45, 2.75) is 51.5 Å². The number of esters is 2. The van der Waals surface area contributed by atoms with E-state index in [0.717, 1.165) is 17.5 Å². The average Bonchev–Trinajstić information content (AvgIpc) is 3.20. The molecule has 6 heteroatoms. The second-order valence-corrected chi connectivity index (χ2v) is 8.79. The van der Waals surface area contributed by atoms with Crippen LogP contribution in [0.15, 0.2) is 60.8 Å². The molecule has 1 fully saturated rings. The van der Waals surface area contributed by atoms with Gasteiger partial charge >= 0.3 is 11.9 Å². The maximum Gasteiger partial charge on any atom is 0.360 e. The summed E-state index contributed by atoms with van der Waals surface area (Å²) in [5.74, 6) is -0.762. The number of ether oxygens (including phenoxy) is 3. The topological polar surface area (TPSA) is 65.1 Å². The molecule has 1 unspecified atom stereocenters. The second kappa shape index (κ2) is 10.0. The molecule has 6 nitrogen and oxygen atoms in total. The zero-order valence-corrected chi connectivity index (χ0v) is 19.2. The molecular formula is C26H31NO5. The first-order valence-electron chi connectivity index (χ1n) is 10.8. The molecule has 0 saturated carbocycles. The Morgan fingerprint density at radius 2 is 1.75 bits per heavy atom. The Morgan fingerprint density at radius 1 is 1.06 bits per heavy atom. The van der Waals surface area contributed by atoms with Gasteiger partial charge in [0.25, 0.3) is 0 Å². The summed E-state index contributed by atoms with van der Waals surface area (Å²) in [6, 6.07) is 16.9. The van der Waals surface area contributed by atoms with Crippen LogP contribution in [-0.2, 0) is 25.6 Å². The molecule has 2 aromatic rings. The lowest BCUT2D eigenvalue weighted by molar-refractivity contribution is -0.203. The Morgan fingerprint density at radius 3 is 2.38 bits per heavy atom. The summed E-state index contributed by atoms with van der Waals surface area (Å²) in [5, 5.41) is 0. The van der Waals surface area contributed by atoms with Crippen LogP contribution in [0.5, 0.6) is 0 Å². The molecular weight excluding hydrogens is 406 g/mol. The molecule has 1 heterocycles. The zero-order chi connectivity index (χ0) is 23.2. The average molecular weight is 438 g/mol. The third kappa shape index (κ3) is 5.77. The van der Waals surface area contributed by atoms with E-state index in [2.05, 4.69) is 0 Å². The van der Waals surface area contributed by atoms with E-state index in [1.807, 2.05) is 80.4 Å². The quantitative estimate of drug-likeness (QED) is 0.580. The summed E-state index contributed by atoms with van der Waals surface area (Å²) < 4.78 is 16.8. The Bertz CT molecular complexity index is 946. The van der Waals surface area contributed by atoms with Gasteiger partial charge in [-0.05, 0) is 56.5 Å². The minimum absolute atomic E-state index is 0.304. The SMILES string of the molecule is COC(=O)c1ccc(/C=C/N2CCCC2(OCc2ccccc2)C(=O)OC(C)(C)C)cc1. The first kappa shape index (κ1) is 23.5. The van der Waals surface area contributed by atoms with E-state index in [-0.39, 0.29) is 11.9 Å². The van der Waals surface area contributed by atoms with Crippen LogP contribution in [0.25, 0.3) is 6.08 Å². The van der Waals surface area contributed by atoms with E-state index < -0.39 is 11.3 Å². The second-order valence-electron chi connectivity index (χ2n) is 8.79. The standard InChI is InChI=1S/C26H31NO5/c1-25(2,3)32-24(29)26(31-19-21-9-6-5-7-10-21)16-8-17-27(26)18-15-20-11-13-22(14-12-20)23(28)30-4/h5-7,9-15,18H,8,16-17,19H2,1-4H3/b18-15+. The Balaban J connectivity index is 1.83. The number of rotatable bonds is 7. The van der Waals surface area contributed by atoms with Crippen LogP contribution in [-0.4, -0.2) is 41.8 Å². The van der Waals surface area contributed by atoms with E-state index in [4.69, 9.17) is 14.2 Å². The maximum absolute atomic E-state index is 13.3. The van der Waals surface area contributed by atoms with Crippen molar-refractivity contribution < 1.29 is 23.8 Å². The lowest BCUT2D eigenvalue weighted by Crippen LogP contribution is -2.52. The van der Waals surface area contributed by atoms with E-state index in [9.17, 15) is 9.59 Å². The predicted molar refractivity (Wildman–Crippen MR) is 123 cm³/mol. The normalized spacial score (nSPS) is 18.7. The minimum Gasteiger partial charge on any atom is -0.465 e. The fourth-order valence-electron chi connectivity index (χ4n) is 3.60. The summed E-state index contributed by atoms with van der Waals surface area (Å²) >= 11 is 0. The van der Waals surface area contributed by atoms with Crippen molar-refractivity contribution >= 4 is 18.0 Å². The van der Waals surface area contributed by atoms with Gasteiger partial charge in [0.05, 0.1) is 19.3 Å². The van der Waals surface area contributed by atoms with Gasteiger partial charge < -0.3 is 19.1 Å². The van der Waals surface area contributed by atoms with Crippen molar-refractivity contribution in [3.63, 3.8) is 0 Å². The number of benzene rings is 2. The van der Waals surface area contributed by atoms with E-state index in [1.165, 1.54) is 7.11 Å². The van der Waals surface area contributed by atoms with Gasteiger partial charge in [0.2, 0.25) is 5.72 Å². The van der Waals surface area contributed by atoms with Crippen LogP contribution in [0.1, 0.15) is 55.1 Å². The van der Waals surface area contributed by atoms with Gasteiger partial charge in [-0.15, -0.1) is 0 Å². The number of carbonyl (C=O) groups excluding carboxylic acids is 2. The number of methoxy groups -OCH3 is 1. The number of carbonyl (C=O) groups is 2. The fourth-order valence-corrected chi connectivity index (χ4v) is 3.60. The molecule has 0 aliphatic carbocycles. The van der Waals surface area contributed by atoms with Crippen molar-refractivity contribution in [2.24, 2.45) is 0 Å². The Hall–Kier alpha value is -3.12. The van der Waals surface area contributed by atoms with Crippen molar-refractivity contribution in [1.82, 2.24) is 4.90 Å². The first-order chi connectivity index (χ1) is 15.2. The van der Waals surface area contributed by atoms with E-state index in [0.29, 0.717) is 25.1 Å². The van der Waals surface area contributed by atoms with Crippen LogP contribution < -0.4 is 0 Å². The third-order valence-corrected chi connectivity index (χ3v) is 5.20. The fraction of sp³-hybridized carbons (Fsp3) is 0.385. The molecule has 1 aliphatic rings. The lowest BCUT2D eigenvalue weighted by atomic mass is 10.1. The van der Waals surface area contributed by atoms with Crippen LogP contribution in [0.3, 0.4) is 0 Å². The Labute approximate surface area is 189 Å². The highest BCUT2D eigenvalue weighted by Gasteiger charge is 2.50. The van der Waals surface area contributed by atoms with Crippen molar-refractivity contribution in [3.05, 3.63) is 77.5 Å². The molecule has 0 aromatic heterocycles.